The number of aryl methyl sites for hydroxylation is 1. The first-order valence-electron chi connectivity index (χ1n) is 9.88. The molecule has 0 aliphatic heterocycles. The number of benzene rings is 1. The largest absolute Gasteiger partial charge is 0.478 e. The van der Waals surface area contributed by atoms with E-state index in [1.807, 2.05) is 0 Å². The summed E-state index contributed by atoms with van der Waals surface area (Å²) in [5.74, 6) is -0.788. The first-order valence-corrected chi connectivity index (χ1v) is 10.7. The molecule has 0 amide bonds. The van der Waals surface area contributed by atoms with Gasteiger partial charge in [0.1, 0.15) is 0 Å². The molecule has 0 spiro atoms. The number of rotatable bonds is 5. The number of carboxylic acids is 1. The molecule has 1 unspecified atom stereocenters. The van der Waals surface area contributed by atoms with Crippen molar-refractivity contribution in [2.24, 2.45) is 0 Å². The SMILES string of the molecule is CC/C1=C(\C)C(NC(=S)NNc2ncc(C(=O)O)cc2Cl)c2ccccc2CCC1. The van der Waals surface area contributed by atoms with Crippen LogP contribution in [0.5, 0.6) is 0 Å². The van der Waals surface area contributed by atoms with Gasteiger partial charge in [0.05, 0.1) is 16.6 Å². The van der Waals surface area contributed by atoms with Crippen molar-refractivity contribution in [2.45, 2.75) is 45.6 Å². The van der Waals surface area contributed by atoms with Crippen LogP contribution in [0.2, 0.25) is 5.02 Å². The molecule has 2 aromatic rings. The number of pyridine rings is 1. The zero-order chi connectivity index (χ0) is 21.7. The lowest BCUT2D eigenvalue weighted by atomic mass is 9.85. The molecule has 0 saturated heterocycles. The third kappa shape index (κ3) is 5.09. The molecule has 0 saturated carbocycles. The average molecular weight is 445 g/mol. The summed E-state index contributed by atoms with van der Waals surface area (Å²) in [6.45, 7) is 4.35. The molecule has 8 heteroatoms. The number of aromatic nitrogens is 1. The van der Waals surface area contributed by atoms with Crippen LogP contribution in [-0.2, 0) is 6.42 Å². The molecule has 1 aromatic heterocycles. The van der Waals surface area contributed by atoms with Crippen molar-refractivity contribution in [1.29, 1.82) is 0 Å². The van der Waals surface area contributed by atoms with Crippen LogP contribution in [0.1, 0.15) is 60.6 Å². The Kier molecular flexibility index (Phi) is 7.29. The van der Waals surface area contributed by atoms with E-state index in [-0.39, 0.29) is 16.6 Å². The van der Waals surface area contributed by atoms with Gasteiger partial charge in [-0.1, -0.05) is 48.4 Å². The van der Waals surface area contributed by atoms with Gasteiger partial charge in [-0.25, -0.2) is 9.78 Å². The van der Waals surface area contributed by atoms with E-state index >= 15 is 0 Å². The van der Waals surface area contributed by atoms with E-state index < -0.39 is 5.97 Å². The normalized spacial score (nSPS) is 18.6. The molecular weight excluding hydrogens is 420 g/mol. The topological polar surface area (TPSA) is 86.3 Å². The lowest BCUT2D eigenvalue weighted by Crippen LogP contribution is -2.41. The molecule has 1 aliphatic rings. The van der Waals surface area contributed by atoms with Gasteiger partial charge in [-0.05, 0) is 67.6 Å². The molecule has 158 valence electrons. The number of aromatic carboxylic acids is 1. The highest BCUT2D eigenvalue weighted by molar-refractivity contribution is 7.80. The highest BCUT2D eigenvalue weighted by atomic mass is 35.5. The summed E-state index contributed by atoms with van der Waals surface area (Å²) < 4.78 is 0. The molecule has 1 aliphatic carbocycles. The number of thiocarbonyl (C=S) groups is 1. The molecule has 1 atom stereocenters. The molecule has 0 bridgehead atoms. The maximum Gasteiger partial charge on any atom is 0.337 e. The molecule has 1 aromatic carbocycles. The maximum atomic E-state index is 11.0. The van der Waals surface area contributed by atoms with Gasteiger partial charge >= 0.3 is 5.97 Å². The minimum Gasteiger partial charge on any atom is -0.478 e. The van der Waals surface area contributed by atoms with Crippen molar-refractivity contribution in [3.8, 4) is 0 Å². The number of hydrogen-bond acceptors (Lipinski definition) is 4. The average Bonchev–Trinajstić information content (AvgIpc) is 2.73. The first kappa shape index (κ1) is 22.1. The van der Waals surface area contributed by atoms with Crippen molar-refractivity contribution >= 4 is 40.7 Å². The number of carbonyl (C=O) groups is 1. The Hall–Kier alpha value is -2.64. The Bertz CT molecular complexity index is 993. The summed E-state index contributed by atoms with van der Waals surface area (Å²) in [4.78, 5) is 15.1. The first-order chi connectivity index (χ1) is 14.4. The van der Waals surface area contributed by atoms with Gasteiger partial charge in [-0.3, -0.25) is 10.9 Å². The second-order valence-electron chi connectivity index (χ2n) is 7.21. The summed E-state index contributed by atoms with van der Waals surface area (Å²) in [6, 6.07) is 9.75. The Balaban J connectivity index is 1.77. The Morgan fingerprint density at radius 2 is 2.10 bits per heavy atom. The summed E-state index contributed by atoms with van der Waals surface area (Å²) in [7, 11) is 0. The van der Waals surface area contributed by atoms with E-state index in [0.29, 0.717) is 10.9 Å². The Morgan fingerprint density at radius 3 is 2.80 bits per heavy atom. The lowest BCUT2D eigenvalue weighted by Gasteiger charge is -2.28. The predicted molar refractivity (Wildman–Crippen MR) is 124 cm³/mol. The number of anilines is 1. The highest BCUT2D eigenvalue weighted by Crippen LogP contribution is 2.33. The van der Waals surface area contributed by atoms with Gasteiger partial charge in [0, 0.05) is 6.20 Å². The number of halogens is 1. The van der Waals surface area contributed by atoms with Crippen LogP contribution >= 0.6 is 23.8 Å². The minimum absolute atomic E-state index is 0.0187. The third-order valence-corrected chi connectivity index (χ3v) is 5.87. The zero-order valence-corrected chi connectivity index (χ0v) is 18.5. The monoisotopic (exact) mass is 444 g/mol. The van der Waals surface area contributed by atoms with Crippen LogP contribution in [0, 0.1) is 0 Å². The van der Waals surface area contributed by atoms with E-state index in [1.165, 1.54) is 34.5 Å². The van der Waals surface area contributed by atoms with Crippen LogP contribution in [0.25, 0.3) is 0 Å². The van der Waals surface area contributed by atoms with E-state index in [2.05, 4.69) is 59.3 Å². The van der Waals surface area contributed by atoms with Crippen molar-refractivity contribution in [3.63, 3.8) is 0 Å². The number of allylic oxidation sites excluding steroid dienone is 1. The van der Waals surface area contributed by atoms with Crippen molar-refractivity contribution in [1.82, 2.24) is 15.7 Å². The molecule has 0 fully saturated rings. The predicted octanol–water partition coefficient (Wildman–Crippen LogP) is 5.03. The quantitative estimate of drug-likeness (QED) is 0.292. The number of nitrogens with one attached hydrogen (secondary N) is 3. The summed E-state index contributed by atoms with van der Waals surface area (Å²) in [5.41, 5.74) is 11.1. The molecule has 6 nitrogen and oxygen atoms in total. The Morgan fingerprint density at radius 1 is 1.33 bits per heavy atom. The van der Waals surface area contributed by atoms with Gasteiger partial charge < -0.3 is 10.4 Å². The van der Waals surface area contributed by atoms with E-state index in [9.17, 15) is 4.79 Å². The van der Waals surface area contributed by atoms with Crippen molar-refractivity contribution in [2.75, 3.05) is 5.43 Å². The van der Waals surface area contributed by atoms with Crippen LogP contribution in [-0.4, -0.2) is 21.2 Å². The zero-order valence-electron chi connectivity index (χ0n) is 17.0. The molecular formula is C22H25ClN4O2S. The lowest BCUT2D eigenvalue weighted by molar-refractivity contribution is 0.0696. The summed E-state index contributed by atoms with van der Waals surface area (Å²) in [5, 5.41) is 13.0. The number of carboxylic acid groups (broad SMARTS) is 1. The number of hydrazine groups is 1. The summed E-state index contributed by atoms with van der Waals surface area (Å²) in [6.07, 6.45) is 5.52. The van der Waals surface area contributed by atoms with E-state index in [1.54, 1.807) is 0 Å². The van der Waals surface area contributed by atoms with Crippen LogP contribution < -0.4 is 16.2 Å². The summed E-state index contributed by atoms with van der Waals surface area (Å²) >= 11 is 11.6. The molecule has 4 N–H and O–H groups in total. The van der Waals surface area contributed by atoms with E-state index in [4.69, 9.17) is 28.9 Å². The van der Waals surface area contributed by atoms with Crippen LogP contribution in [0.3, 0.4) is 0 Å². The molecule has 0 radical (unpaired) electrons. The molecule has 3 rings (SSSR count). The fourth-order valence-corrected chi connectivity index (χ4v) is 4.12. The Labute approximate surface area is 186 Å². The van der Waals surface area contributed by atoms with Crippen LogP contribution in [0.4, 0.5) is 5.82 Å². The standard InChI is InChI=1S/C22H25ClN4O2S/c1-3-14-8-6-9-15-7-4-5-10-17(15)19(13(14)2)25-22(30)27-26-20-18(23)11-16(12-24-20)21(28)29/h4-5,7,10-12,19H,3,6,8-9H2,1-2H3,(H,24,26)(H,28,29)(H2,25,27,30)/b14-13-. The number of fused-ring (bicyclic) bond motifs is 1. The van der Waals surface area contributed by atoms with Gasteiger partial charge in [0.2, 0.25) is 0 Å². The highest BCUT2D eigenvalue weighted by Gasteiger charge is 2.22. The van der Waals surface area contributed by atoms with Crippen molar-refractivity contribution in [3.05, 3.63) is 69.4 Å². The van der Waals surface area contributed by atoms with E-state index in [0.717, 1.165) is 25.7 Å². The maximum absolute atomic E-state index is 11.0. The second kappa shape index (κ2) is 9.91. The van der Waals surface area contributed by atoms with Gasteiger partial charge in [-0.2, -0.15) is 0 Å². The second-order valence-corrected chi connectivity index (χ2v) is 8.02. The molecule has 1 heterocycles. The van der Waals surface area contributed by atoms with Gasteiger partial charge in [-0.15, -0.1) is 0 Å². The van der Waals surface area contributed by atoms with Crippen LogP contribution in [0.15, 0.2) is 47.7 Å². The van der Waals surface area contributed by atoms with Gasteiger partial charge in [0.15, 0.2) is 10.9 Å². The fourth-order valence-electron chi connectivity index (χ4n) is 3.74. The van der Waals surface area contributed by atoms with Crippen molar-refractivity contribution < 1.29 is 9.90 Å². The molecule has 30 heavy (non-hydrogen) atoms. The van der Waals surface area contributed by atoms with Gasteiger partial charge in [0.25, 0.3) is 0 Å². The number of nitrogens with zero attached hydrogens (tertiary/aromatic N) is 1. The smallest absolute Gasteiger partial charge is 0.337 e. The minimum atomic E-state index is -1.09. The number of hydrogen-bond donors (Lipinski definition) is 4. The fraction of sp³-hybridized carbons (Fsp3) is 0.318. The third-order valence-electron chi connectivity index (χ3n) is 5.37.